The first kappa shape index (κ1) is 16.2. The molecule has 1 atom stereocenters. The van der Waals surface area contributed by atoms with Gasteiger partial charge in [-0.1, -0.05) is 11.6 Å². The van der Waals surface area contributed by atoms with Crippen LogP contribution in [0.15, 0.2) is 47.6 Å². The first-order valence-electron chi connectivity index (χ1n) is 7.25. The van der Waals surface area contributed by atoms with Crippen LogP contribution in [0.1, 0.15) is 12.8 Å². The first-order valence-corrected chi connectivity index (χ1v) is 9.07. The normalized spacial score (nSPS) is 19.4. The second kappa shape index (κ2) is 6.82. The lowest BCUT2D eigenvalue weighted by molar-refractivity contribution is 0.119. The minimum Gasteiger partial charge on any atom is -0.459 e. The minimum absolute atomic E-state index is 0.235. The van der Waals surface area contributed by atoms with Crippen LogP contribution in [0.2, 0.25) is 5.02 Å². The molecule has 2 aromatic rings. The zero-order valence-electron chi connectivity index (χ0n) is 12.3. The molecule has 0 N–H and O–H groups in total. The van der Waals surface area contributed by atoms with Gasteiger partial charge in [0.1, 0.15) is 6.10 Å². The molecule has 0 bridgehead atoms. The Kier molecular flexibility index (Phi) is 4.79. The van der Waals surface area contributed by atoms with Gasteiger partial charge in [0.25, 0.3) is 0 Å². The molecule has 1 aliphatic rings. The maximum Gasteiger partial charge on any atom is 0.316 e. The highest BCUT2D eigenvalue weighted by Gasteiger charge is 2.31. The van der Waals surface area contributed by atoms with E-state index in [1.807, 2.05) is 0 Å². The van der Waals surface area contributed by atoms with Crippen LogP contribution < -0.4 is 4.74 Å². The van der Waals surface area contributed by atoms with Gasteiger partial charge in [-0.25, -0.2) is 18.4 Å². The number of nitrogens with zero attached hydrogens (tertiary/aromatic N) is 3. The average molecular weight is 354 g/mol. The predicted molar refractivity (Wildman–Crippen MR) is 85.9 cm³/mol. The summed E-state index contributed by atoms with van der Waals surface area (Å²) >= 11 is 5.82. The van der Waals surface area contributed by atoms with Crippen molar-refractivity contribution in [3.05, 3.63) is 47.7 Å². The summed E-state index contributed by atoms with van der Waals surface area (Å²) in [6.07, 6.45) is 4.42. The summed E-state index contributed by atoms with van der Waals surface area (Å²) in [5.74, 6) is 0. The number of piperidine rings is 1. The van der Waals surface area contributed by atoms with E-state index in [0.717, 1.165) is 12.8 Å². The summed E-state index contributed by atoms with van der Waals surface area (Å²) in [4.78, 5) is 8.26. The van der Waals surface area contributed by atoms with Crippen molar-refractivity contribution in [1.29, 1.82) is 0 Å². The molecule has 8 heteroatoms. The van der Waals surface area contributed by atoms with E-state index in [9.17, 15) is 8.42 Å². The topological polar surface area (TPSA) is 72.4 Å². The Morgan fingerprint density at radius 1 is 1.17 bits per heavy atom. The van der Waals surface area contributed by atoms with Crippen molar-refractivity contribution in [2.24, 2.45) is 0 Å². The van der Waals surface area contributed by atoms with Gasteiger partial charge in [-0.2, -0.15) is 4.31 Å². The van der Waals surface area contributed by atoms with Crippen molar-refractivity contribution in [2.45, 2.75) is 23.8 Å². The Bertz CT molecular complexity index is 753. The van der Waals surface area contributed by atoms with Crippen molar-refractivity contribution in [1.82, 2.24) is 14.3 Å². The molecule has 1 unspecified atom stereocenters. The molecular formula is C15H16ClN3O3S. The lowest BCUT2D eigenvalue weighted by atomic mass is 10.1. The van der Waals surface area contributed by atoms with Gasteiger partial charge in [-0.15, -0.1) is 0 Å². The van der Waals surface area contributed by atoms with Crippen LogP contribution in [0.3, 0.4) is 0 Å². The van der Waals surface area contributed by atoms with Gasteiger partial charge >= 0.3 is 6.01 Å². The third-order valence-corrected chi connectivity index (χ3v) is 5.74. The van der Waals surface area contributed by atoms with Gasteiger partial charge in [0.05, 0.1) is 11.4 Å². The second-order valence-electron chi connectivity index (χ2n) is 5.23. The van der Waals surface area contributed by atoms with Gasteiger partial charge in [-0.3, -0.25) is 0 Å². The fraction of sp³-hybridized carbons (Fsp3) is 0.333. The van der Waals surface area contributed by atoms with E-state index in [2.05, 4.69) is 9.97 Å². The highest BCUT2D eigenvalue weighted by molar-refractivity contribution is 7.89. The highest BCUT2D eigenvalue weighted by Crippen LogP contribution is 2.23. The Morgan fingerprint density at radius 2 is 1.87 bits per heavy atom. The van der Waals surface area contributed by atoms with Crippen molar-refractivity contribution < 1.29 is 13.2 Å². The lowest BCUT2D eigenvalue weighted by Crippen LogP contribution is -2.44. The summed E-state index contributed by atoms with van der Waals surface area (Å²) < 4.78 is 32.5. The molecule has 1 fully saturated rings. The maximum atomic E-state index is 12.7. The molecule has 0 saturated carbocycles. The summed E-state index contributed by atoms with van der Waals surface area (Å²) in [7, 11) is -3.55. The van der Waals surface area contributed by atoms with Gasteiger partial charge < -0.3 is 4.74 Å². The number of sulfonamides is 1. The number of rotatable bonds is 4. The van der Waals surface area contributed by atoms with E-state index in [0.29, 0.717) is 11.6 Å². The van der Waals surface area contributed by atoms with Gasteiger partial charge in [0.2, 0.25) is 10.0 Å². The fourth-order valence-electron chi connectivity index (χ4n) is 2.47. The van der Waals surface area contributed by atoms with Crippen LogP contribution >= 0.6 is 11.6 Å². The molecule has 23 heavy (non-hydrogen) atoms. The van der Waals surface area contributed by atoms with Gasteiger partial charge in [0, 0.05) is 24.0 Å². The Labute approximate surface area is 140 Å². The summed E-state index contributed by atoms with van der Waals surface area (Å²) in [6.45, 7) is 0.754. The van der Waals surface area contributed by atoms with E-state index in [1.165, 1.54) is 16.4 Å². The number of hydrogen-bond acceptors (Lipinski definition) is 5. The van der Waals surface area contributed by atoms with Crippen LogP contribution in [0, 0.1) is 0 Å². The number of aromatic nitrogens is 2. The van der Waals surface area contributed by atoms with E-state index < -0.39 is 10.0 Å². The molecule has 2 heterocycles. The Hall–Kier alpha value is -1.70. The molecule has 0 spiro atoms. The lowest BCUT2D eigenvalue weighted by Gasteiger charge is -2.31. The third kappa shape index (κ3) is 3.80. The zero-order chi connectivity index (χ0) is 16.3. The molecule has 1 aliphatic heterocycles. The molecule has 3 rings (SSSR count). The summed E-state index contributed by atoms with van der Waals surface area (Å²) in [5, 5.41) is 0.505. The van der Waals surface area contributed by atoms with Gasteiger partial charge in [0.15, 0.2) is 0 Å². The van der Waals surface area contributed by atoms with Crippen molar-refractivity contribution in [2.75, 3.05) is 13.1 Å². The number of benzene rings is 1. The SMILES string of the molecule is O=S(=O)(c1ccc(Cl)cc1)N1CCCC(Oc2ncccn2)C1. The highest BCUT2D eigenvalue weighted by atomic mass is 35.5. The fourth-order valence-corrected chi connectivity index (χ4v) is 4.11. The Morgan fingerprint density at radius 3 is 2.57 bits per heavy atom. The molecule has 122 valence electrons. The van der Waals surface area contributed by atoms with Crippen LogP contribution in [-0.4, -0.2) is 41.9 Å². The van der Waals surface area contributed by atoms with Crippen molar-refractivity contribution in [3.63, 3.8) is 0 Å². The predicted octanol–water partition coefficient (Wildman–Crippen LogP) is 2.36. The largest absolute Gasteiger partial charge is 0.459 e. The standard InChI is InChI=1S/C15H16ClN3O3S/c16-12-4-6-14(7-5-12)23(20,21)19-10-1-3-13(11-19)22-15-17-8-2-9-18-15/h2,4-9,13H,1,3,10-11H2. The van der Waals surface area contributed by atoms with E-state index in [-0.39, 0.29) is 23.6 Å². The molecule has 6 nitrogen and oxygen atoms in total. The van der Waals surface area contributed by atoms with E-state index >= 15 is 0 Å². The zero-order valence-corrected chi connectivity index (χ0v) is 13.9. The van der Waals surface area contributed by atoms with Crippen LogP contribution in [-0.2, 0) is 10.0 Å². The molecule has 0 aliphatic carbocycles. The van der Waals surface area contributed by atoms with Crippen molar-refractivity contribution in [3.8, 4) is 6.01 Å². The third-order valence-electron chi connectivity index (χ3n) is 3.61. The molecule has 1 aromatic carbocycles. The van der Waals surface area contributed by atoms with Crippen molar-refractivity contribution >= 4 is 21.6 Å². The van der Waals surface area contributed by atoms with E-state index in [4.69, 9.17) is 16.3 Å². The number of halogens is 1. The molecule has 1 saturated heterocycles. The monoisotopic (exact) mass is 353 g/mol. The van der Waals surface area contributed by atoms with Crippen LogP contribution in [0.25, 0.3) is 0 Å². The average Bonchev–Trinajstić information content (AvgIpc) is 2.56. The summed E-state index contributed by atoms with van der Waals surface area (Å²) in [5.41, 5.74) is 0. The number of hydrogen-bond donors (Lipinski definition) is 0. The molecule has 0 amide bonds. The molecule has 1 aromatic heterocycles. The first-order chi connectivity index (χ1) is 11.1. The molecule has 0 radical (unpaired) electrons. The number of ether oxygens (including phenoxy) is 1. The van der Waals surface area contributed by atoms with Crippen LogP contribution in [0.4, 0.5) is 0 Å². The summed E-state index contributed by atoms with van der Waals surface area (Å²) in [6, 6.07) is 8.15. The molecular weight excluding hydrogens is 338 g/mol. The minimum atomic E-state index is -3.55. The maximum absolute atomic E-state index is 12.7. The van der Waals surface area contributed by atoms with Crippen LogP contribution in [0.5, 0.6) is 6.01 Å². The second-order valence-corrected chi connectivity index (χ2v) is 7.60. The quantitative estimate of drug-likeness (QED) is 0.843. The van der Waals surface area contributed by atoms with E-state index in [1.54, 1.807) is 30.6 Å². The van der Waals surface area contributed by atoms with Gasteiger partial charge in [-0.05, 0) is 43.2 Å². The smallest absolute Gasteiger partial charge is 0.316 e. The Balaban J connectivity index is 1.74.